The molecule has 0 aliphatic heterocycles. The van der Waals surface area contributed by atoms with E-state index in [0.717, 1.165) is 42.5 Å². The maximum absolute atomic E-state index is 13.1. The first-order valence-corrected chi connectivity index (χ1v) is 10.7. The Hall–Kier alpha value is -3.38. The third-order valence-electron chi connectivity index (χ3n) is 5.70. The predicted molar refractivity (Wildman–Crippen MR) is 121 cm³/mol. The Morgan fingerprint density at radius 2 is 1.74 bits per heavy atom. The zero-order valence-corrected chi connectivity index (χ0v) is 17.6. The Labute approximate surface area is 184 Å². The summed E-state index contributed by atoms with van der Waals surface area (Å²) < 4.78 is 3.42. The van der Waals surface area contributed by atoms with Crippen LogP contribution in [-0.4, -0.2) is 20.1 Å². The first-order valence-electron chi connectivity index (χ1n) is 10.3. The predicted octanol–water partition coefficient (Wildman–Crippen LogP) is 4.33. The van der Waals surface area contributed by atoms with Gasteiger partial charge in [-0.15, -0.1) is 0 Å². The largest absolute Gasteiger partial charge is 0.322 e. The number of nitrogens with one attached hydrogen (secondary N) is 1. The fourth-order valence-corrected chi connectivity index (χ4v) is 4.20. The van der Waals surface area contributed by atoms with Crippen LogP contribution in [-0.2, 0) is 19.4 Å². The van der Waals surface area contributed by atoms with E-state index in [2.05, 4.69) is 10.4 Å². The minimum atomic E-state index is -0.196. The van der Waals surface area contributed by atoms with Crippen molar-refractivity contribution < 1.29 is 4.79 Å². The topological polar surface area (TPSA) is 68.4 Å². The van der Waals surface area contributed by atoms with Gasteiger partial charge in [-0.2, -0.15) is 5.10 Å². The molecule has 2 aromatic heterocycles. The van der Waals surface area contributed by atoms with Crippen molar-refractivity contribution in [2.24, 2.45) is 0 Å². The van der Waals surface area contributed by atoms with E-state index in [9.17, 15) is 9.59 Å². The minimum absolute atomic E-state index is 0.0253. The lowest BCUT2D eigenvalue weighted by Gasteiger charge is -2.10. The molecule has 0 unspecified atom stereocenters. The number of rotatable bonds is 4. The Morgan fingerprint density at radius 1 is 1.00 bits per heavy atom. The van der Waals surface area contributed by atoms with Crippen LogP contribution < -0.4 is 10.9 Å². The summed E-state index contributed by atoms with van der Waals surface area (Å²) in [6.45, 7) is 0.439. The fraction of sp³-hybridized carbons (Fsp3) is 0.208. The van der Waals surface area contributed by atoms with Gasteiger partial charge in [0.1, 0.15) is 5.52 Å². The summed E-state index contributed by atoms with van der Waals surface area (Å²) in [5, 5.41) is 8.05. The number of hydrogen-bond acceptors (Lipinski definition) is 3. The number of carbonyl (C=O) groups is 1. The van der Waals surface area contributed by atoms with Gasteiger partial charge >= 0.3 is 0 Å². The lowest BCUT2D eigenvalue weighted by molar-refractivity contribution is 0.102. The number of amides is 1. The molecule has 2 heterocycles. The lowest BCUT2D eigenvalue weighted by Crippen LogP contribution is -2.23. The van der Waals surface area contributed by atoms with Crippen LogP contribution in [0.25, 0.3) is 5.52 Å². The molecule has 2 aromatic carbocycles. The van der Waals surface area contributed by atoms with Crippen LogP contribution in [0.3, 0.4) is 0 Å². The average Bonchev–Trinajstić information content (AvgIpc) is 3.17. The van der Waals surface area contributed by atoms with Gasteiger partial charge in [0.15, 0.2) is 0 Å². The molecule has 0 fully saturated rings. The van der Waals surface area contributed by atoms with Crippen LogP contribution in [0.5, 0.6) is 0 Å². The summed E-state index contributed by atoms with van der Waals surface area (Å²) in [5.74, 6) is -0.196. The molecule has 31 heavy (non-hydrogen) atoms. The quantitative estimate of drug-likeness (QED) is 0.522. The van der Waals surface area contributed by atoms with Crippen LogP contribution in [0.2, 0.25) is 5.02 Å². The molecule has 0 atom stereocenters. The monoisotopic (exact) mass is 432 g/mol. The summed E-state index contributed by atoms with van der Waals surface area (Å²) in [6, 6.07) is 14.3. The van der Waals surface area contributed by atoms with Crippen molar-refractivity contribution in [3.63, 3.8) is 0 Å². The van der Waals surface area contributed by atoms with Crippen molar-refractivity contribution in [1.82, 2.24) is 14.2 Å². The summed E-state index contributed by atoms with van der Waals surface area (Å²) in [5.41, 5.74) is 4.99. The molecular weight excluding hydrogens is 412 g/mol. The van der Waals surface area contributed by atoms with E-state index >= 15 is 0 Å². The number of nitrogens with zero attached hydrogens (tertiary/aromatic N) is 3. The zero-order valence-electron chi connectivity index (χ0n) is 16.8. The normalized spacial score (nSPS) is 13.2. The van der Waals surface area contributed by atoms with E-state index in [4.69, 9.17) is 11.6 Å². The van der Waals surface area contributed by atoms with Crippen molar-refractivity contribution in [3.05, 3.63) is 98.7 Å². The summed E-state index contributed by atoms with van der Waals surface area (Å²) in [6.07, 6.45) is 7.70. The SMILES string of the molecule is O=C(Nc1ccc(Cl)cc1)c1ccc(Cn2ccn3nc4c(c3c2=O)CCCC4)cc1. The average molecular weight is 433 g/mol. The molecule has 1 amide bonds. The smallest absolute Gasteiger partial charge is 0.277 e. The minimum Gasteiger partial charge on any atom is -0.322 e. The van der Waals surface area contributed by atoms with Gasteiger partial charge in [0.25, 0.3) is 11.5 Å². The van der Waals surface area contributed by atoms with Gasteiger partial charge in [0.05, 0.1) is 12.2 Å². The Kier molecular flexibility index (Phi) is 5.08. The molecule has 7 heteroatoms. The molecule has 4 aromatic rings. The fourth-order valence-electron chi connectivity index (χ4n) is 4.07. The molecule has 0 saturated heterocycles. The first kappa shape index (κ1) is 19.6. The molecule has 0 saturated carbocycles. The number of anilines is 1. The van der Waals surface area contributed by atoms with E-state index in [1.54, 1.807) is 51.7 Å². The van der Waals surface area contributed by atoms with Crippen LogP contribution >= 0.6 is 11.6 Å². The van der Waals surface area contributed by atoms with Gasteiger partial charge in [0.2, 0.25) is 0 Å². The molecule has 1 N–H and O–H groups in total. The summed E-state index contributed by atoms with van der Waals surface area (Å²) in [4.78, 5) is 25.6. The van der Waals surface area contributed by atoms with Crippen LogP contribution in [0.4, 0.5) is 5.69 Å². The van der Waals surface area contributed by atoms with Crippen LogP contribution in [0, 0.1) is 0 Å². The van der Waals surface area contributed by atoms with Crippen molar-refractivity contribution in [2.75, 3.05) is 5.32 Å². The molecule has 0 spiro atoms. The van der Waals surface area contributed by atoms with Crippen molar-refractivity contribution in [1.29, 1.82) is 0 Å². The third kappa shape index (κ3) is 3.86. The standard InChI is InChI=1S/C24H21ClN4O2/c25-18-9-11-19(12-10-18)26-23(30)17-7-5-16(6-8-17)15-28-13-14-29-22(24(28)31)20-3-1-2-4-21(20)27-29/h5-14H,1-4,15H2,(H,26,30). The highest BCUT2D eigenvalue weighted by molar-refractivity contribution is 6.30. The second-order valence-electron chi connectivity index (χ2n) is 7.81. The lowest BCUT2D eigenvalue weighted by atomic mass is 9.97. The highest BCUT2D eigenvalue weighted by atomic mass is 35.5. The third-order valence-corrected chi connectivity index (χ3v) is 5.96. The molecule has 5 rings (SSSR count). The number of fused-ring (bicyclic) bond motifs is 3. The van der Waals surface area contributed by atoms with E-state index in [1.807, 2.05) is 18.3 Å². The van der Waals surface area contributed by atoms with Crippen molar-refractivity contribution >= 4 is 28.7 Å². The van der Waals surface area contributed by atoms with E-state index in [0.29, 0.717) is 28.3 Å². The second-order valence-corrected chi connectivity index (χ2v) is 8.25. The van der Waals surface area contributed by atoms with Crippen molar-refractivity contribution in [3.8, 4) is 0 Å². The number of carbonyl (C=O) groups excluding carboxylic acids is 1. The highest BCUT2D eigenvalue weighted by Crippen LogP contribution is 2.22. The van der Waals surface area contributed by atoms with Gasteiger partial charge in [0, 0.05) is 34.2 Å². The number of benzene rings is 2. The molecule has 1 aliphatic carbocycles. The van der Waals surface area contributed by atoms with Gasteiger partial charge < -0.3 is 9.88 Å². The van der Waals surface area contributed by atoms with E-state index in [1.165, 1.54) is 0 Å². The number of hydrogen-bond donors (Lipinski definition) is 1. The van der Waals surface area contributed by atoms with Gasteiger partial charge in [-0.05, 0) is 67.6 Å². The second kappa shape index (κ2) is 8.04. The van der Waals surface area contributed by atoms with E-state index in [-0.39, 0.29) is 11.5 Å². The molecular formula is C24H21ClN4O2. The number of halogens is 1. The zero-order chi connectivity index (χ0) is 21.4. The number of aryl methyl sites for hydroxylation is 2. The van der Waals surface area contributed by atoms with Crippen molar-refractivity contribution in [2.45, 2.75) is 32.2 Å². The van der Waals surface area contributed by atoms with Crippen LogP contribution in [0.1, 0.15) is 40.0 Å². The maximum atomic E-state index is 13.1. The maximum Gasteiger partial charge on any atom is 0.277 e. The molecule has 156 valence electrons. The first-order chi connectivity index (χ1) is 15.1. The summed E-state index contributed by atoms with van der Waals surface area (Å²) >= 11 is 5.88. The molecule has 0 radical (unpaired) electrons. The molecule has 6 nitrogen and oxygen atoms in total. The van der Waals surface area contributed by atoms with Gasteiger partial charge in [-0.25, -0.2) is 4.52 Å². The molecule has 0 bridgehead atoms. The highest BCUT2D eigenvalue weighted by Gasteiger charge is 2.19. The Bertz CT molecular complexity index is 1320. The molecule has 1 aliphatic rings. The van der Waals surface area contributed by atoms with Crippen LogP contribution in [0.15, 0.2) is 65.7 Å². The summed E-state index contributed by atoms with van der Waals surface area (Å²) in [7, 11) is 0. The van der Waals surface area contributed by atoms with E-state index < -0.39 is 0 Å². The van der Waals surface area contributed by atoms with Gasteiger partial charge in [-0.1, -0.05) is 23.7 Å². The Balaban J connectivity index is 1.35. The number of aromatic nitrogens is 3. The van der Waals surface area contributed by atoms with Gasteiger partial charge in [-0.3, -0.25) is 9.59 Å². The Morgan fingerprint density at radius 3 is 2.52 bits per heavy atom.